The molecule has 2 aliphatic rings. The zero-order valence-electron chi connectivity index (χ0n) is 21.3. The SMILES string of the molecule is CC(C)CC(=O)c1c(O)c(C=O)c(O)c(C[C@H]2CC[C@H](C)C3=C[C@@H](C(C)(C)O)CC[C@@]32C)c1O. The van der Waals surface area contributed by atoms with Gasteiger partial charge in [0.1, 0.15) is 22.8 Å². The molecule has 0 amide bonds. The van der Waals surface area contributed by atoms with Crippen molar-refractivity contribution in [3.63, 3.8) is 0 Å². The third kappa shape index (κ3) is 4.61. The molecule has 6 heteroatoms. The third-order valence-electron chi connectivity index (χ3n) is 8.30. The summed E-state index contributed by atoms with van der Waals surface area (Å²) in [7, 11) is 0. The van der Waals surface area contributed by atoms with E-state index in [1.165, 1.54) is 5.57 Å². The van der Waals surface area contributed by atoms with E-state index in [1.54, 1.807) is 0 Å². The van der Waals surface area contributed by atoms with Gasteiger partial charge in [0.15, 0.2) is 12.1 Å². The number of phenols is 3. The van der Waals surface area contributed by atoms with Gasteiger partial charge in [0.2, 0.25) is 0 Å². The molecule has 0 unspecified atom stereocenters. The van der Waals surface area contributed by atoms with Gasteiger partial charge in [-0.1, -0.05) is 39.3 Å². The topological polar surface area (TPSA) is 115 Å². The van der Waals surface area contributed by atoms with Crippen molar-refractivity contribution >= 4 is 12.1 Å². The largest absolute Gasteiger partial charge is 0.507 e. The van der Waals surface area contributed by atoms with E-state index in [9.17, 15) is 30.0 Å². The van der Waals surface area contributed by atoms with Crippen LogP contribution in [0.2, 0.25) is 0 Å². The number of ketones is 1. The molecular formula is C28H40O6. The summed E-state index contributed by atoms with van der Waals surface area (Å²) in [6.07, 6.45) is 6.45. The quantitative estimate of drug-likeness (QED) is 0.235. The van der Waals surface area contributed by atoms with Crippen molar-refractivity contribution in [3.05, 3.63) is 28.3 Å². The first-order valence-corrected chi connectivity index (χ1v) is 12.4. The van der Waals surface area contributed by atoms with E-state index in [-0.39, 0.29) is 52.7 Å². The Hall–Kier alpha value is -2.34. The second-order valence-electron chi connectivity index (χ2n) is 11.7. The Morgan fingerprint density at radius 1 is 1.15 bits per heavy atom. The number of allylic oxidation sites excluding steroid dienone is 1. The number of fused-ring (bicyclic) bond motifs is 1. The van der Waals surface area contributed by atoms with Crippen LogP contribution in [0.5, 0.6) is 17.2 Å². The smallest absolute Gasteiger partial charge is 0.170 e. The molecule has 1 fully saturated rings. The lowest BCUT2D eigenvalue weighted by Crippen LogP contribution is -2.43. The minimum Gasteiger partial charge on any atom is -0.507 e. The van der Waals surface area contributed by atoms with Crippen LogP contribution in [0.25, 0.3) is 0 Å². The third-order valence-corrected chi connectivity index (χ3v) is 8.30. The standard InChI is InChI=1S/C28H40O6/c1-15(2)11-22(30)23-25(32)19(24(31)20(14-29)26(23)33)12-18-8-7-16(3)21-13-17(27(4,5)34)9-10-28(18,21)6/h13-18,31-34H,7-12H2,1-6H3/t16-,17-,18+,28+/m0/s1. The van der Waals surface area contributed by atoms with Gasteiger partial charge in [-0.05, 0) is 69.1 Å². The summed E-state index contributed by atoms with van der Waals surface area (Å²) in [5.41, 5.74) is -0.183. The fourth-order valence-electron chi connectivity index (χ4n) is 6.14. The van der Waals surface area contributed by atoms with Crippen LogP contribution in [0.1, 0.15) is 99.9 Å². The van der Waals surface area contributed by atoms with Gasteiger partial charge in [0, 0.05) is 17.9 Å². The van der Waals surface area contributed by atoms with E-state index in [0.717, 1.165) is 25.7 Å². The van der Waals surface area contributed by atoms with Gasteiger partial charge in [-0.2, -0.15) is 0 Å². The Kier molecular flexibility index (Phi) is 7.24. The Labute approximate surface area is 202 Å². The highest BCUT2D eigenvalue weighted by molar-refractivity contribution is 6.05. The number of carbonyl (C=O) groups excluding carboxylic acids is 2. The van der Waals surface area contributed by atoms with Crippen LogP contribution in [-0.4, -0.2) is 38.1 Å². The lowest BCUT2D eigenvalue weighted by molar-refractivity contribution is 0.0135. The summed E-state index contributed by atoms with van der Waals surface area (Å²) in [5.74, 6) is -1.50. The molecule has 0 heterocycles. The van der Waals surface area contributed by atoms with Crippen LogP contribution in [0.3, 0.4) is 0 Å². The molecule has 0 saturated heterocycles. The Balaban J connectivity index is 2.07. The van der Waals surface area contributed by atoms with Crippen LogP contribution >= 0.6 is 0 Å². The van der Waals surface area contributed by atoms with Crippen molar-refractivity contribution in [2.24, 2.45) is 29.1 Å². The first-order chi connectivity index (χ1) is 15.7. The monoisotopic (exact) mass is 472 g/mol. The summed E-state index contributed by atoms with van der Waals surface area (Å²) in [5, 5.41) is 43.0. The lowest BCUT2D eigenvalue weighted by Gasteiger charge is -2.51. The fourth-order valence-corrected chi connectivity index (χ4v) is 6.14. The molecule has 188 valence electrons. The lowest BCUT2D eigenvalue weighted by atomic mass is 9.54. The number of Topliss-reactive ketones (excluding diaryl/α,β-unsaturated/α-hetero) is 1. The van der Waals surface area contributed by atoms with Crippen molar-refractivity contribution in [1.82, 2.24) is 0 Å². The van der Waals surface area contributed by atoms with Gasteiger partial charge in [-0.25, -0.2) is 0 Å². The number of hydrogen-bond donors (Lipinski definition) is 4. The van der Waals surface area contributed by atoms with E-state index in [0.29, 0.717) is 12.2 Å². The Morgan fingerprint density at radius 2 is 1.79 bits per heavy atom. The van der Waals surface area contributed by atoms with Crippen molar-refractivity contribution in [2.75, 3.05) is 0 Å². The molecule has 6 nitrogen and oxygen atoms in total. The minimum absolute atomic E-state index is 0.000586. The molecule has 2 aliphatic carbocycles. The van der Waals surface area contributed by atoms with Gasteiger partial charge >= 0.3 is 0 Å². The number of rotatable bonds is 7. The molecular weight excluding hydrogens is 432 g/mol. The maximum Gasteiger partial charge on any atom is 0.170 e. The average Bonchev–Trinajstić information content (AvgIpc) is 2.71. The minimum atomic E-state index is -0.807. The number of phenolic OH excluding ortho intramolecular Hbond substituents is 3. The molecule has 0 bridgehead atoms. The molecule has 0 aliphatic heterocycles. The molecule has 4 N–H and O–H groups in total. The zero-order chi connectivity index (χ0) is 25.6. The predicted octanol–water partition coefficient (Wildman–Crippen LogP) is 5.55. The highest BCUT2D eigenvalue weighted by Gasteiger charge is 2.47. The van der Waals surface area contributed by atoms with Crippen molar-refractivity contribution < 1.29 is 30.0 Å². The summed E-state index contributed by atoms with van der Waals surface area (Å²) >= 11 is 0. The maximum absolute atomic E-state index is 12.8. The highest BCUT2D eigenvalue weighted by atomic mass is 16.3. The molecule has 4 atom stereocenters. The summed E-state index contributed by atoms with van der Waals surface area (Å²) < 4.78 is 0. The van der Waals surface area contributed by atoms with Crippen LogP contribution < -0.4 is 0 Å². The van der Waals surface area contributed by atoms with Gasteiger partial charge in [-0.3, -0.25) is 9.59 Å². The number of aromatic hydroxyl groups is 3. The van der Waals surface area contributed by atoms with Crippen LogP contribution in [0, 0.1) is 29.1 Å². The highest BCUT2D eigenvalue weighted by Crippen LogP contribution is 2.57. The zero-order valence-corrected chi connectivity index (χ0v) is 21.3. The number of carbonyl (C=O) groups is 2. The number of hydrogen-bond acceptors (Lipinski definition) is 6. The Bertz CT molecular complexity index is 999. The van der Waals surface area contributed by atoms with Gasteiger partial charge in [-0.15, -0.1) is 0 Å². The number of aliphatic hydroxyl groups is 1. The van der Waals surface area contributed by atoms with Gasteiger partial charge < -0.3 is 20.4 Å². The van der Waals surface area contributed by atoms with Crippen molar-refractivity contribution in [1.29, 1.82) is 0 Å². The summed E-state index contributed by atoms with van der Waals surface area (Å²) in [4.78, 5) is 24.6. The molecule has 3 rings (SSSR count). The van der Waals surface area contributed by atoms with E-state index in [1.807, 2.05) is 27.7 Å². The van der Waals surface area contributed by atoms with E-state index in [4.69, 9.17) is 0 Å². The first kappa shape index (κ1) is 26.3. The predicted molar refractivity (Wildman–Crippen MR) is 131 cm³/mol. The fraction of sp³-hybridized carbons (Fsp3) is 0.643. The molecule has 1 aromatic carbocycles. The molecule has 1 saturated carbocycles. The first-order valence-electron chi connectivity index (χ1n) is 12.4. The van der Waals surface area contributed by atoms with Crippen molar-refractivity contribution in [3.8, 4) is 17.2 Å². The van der Waals surface area contributed by atoms with E-state index < -0.39 is 28.6 Å². The van der Waals surface area contributed by atoms with Gasteiger partial charge in [0.05, 0.1) is 11.2 Å². The van der Waals surface area contributed by atoms with Crippen LogP contribution in [0.4, 0.5) is 0 Å². The summed E-state index contributed by atoms with van der Waals surface area (Å²) in [6, 6.07) is 0. The molecule has 0 radical (unpaired) electrons. The number of benzene rings is 1. The normalized spacial score (nSPS) is 27.3. The molecule has 0 spiro atoms. The van der Waals surface area contributed by atoms with E-state index in [2.05, 4.69) is 19.9 Å². The van der Waals surface area contributed by atoms with Crippen molar-refractivity contribution in [2.45, 2.75) is 85.7 Å². The second kappa shape index (κ2) is 9.37. The molecule has 34 heavy (non-hydrogen) atoms. The second-order valence-corrected chi connectivity index (χ2v) is 11.7. The molecule has 0 aromatic heterocycles. The average molecular weight is 473 g/mol. The van der Waals surface area contributed by atoms with Crippen LogP contribution in [0.15, 0.2) is 11.6 Å². The Morgan fingerprint density at radius 3 is 2.35 bits per heavy atom. The van der Waals surface area contributed by atoms with Crippen LogP contribution in [-0.2, 0) is 6.42 Å². The van der Waals surface area contributed by atoms with E-state index >= 15 is 0 Å². The van der Waals surface area contributed by atoms with Gasteiger partial charge in [0.25, 0.3) is 0 Å². The number of aldehydes is 1. The summed E-state index contributed by atoms with van der Waals surface area (Å²) in [6.45, 7) is 11.8. The molecule has 1 aromatic rings. The maximum atomic E-state index is 12.8.